The van der Waals surface area contributed by atoms with E-state index >= 15 is 0 Å². The highest BCUT2D eigenvalue weighted by Crippen LogP contribution is 2.30. The molecule has 0 bridgehead atoms. The smallest absolute Gasteiger partial charge is 0.211 e. The lowest BCUT2D eigenvalue weighted by atomic mass is 9.81. The van der Waals surface area contributed by atoms with Gasteiger partial charge in [-0.05, 0) is 48.9 Å². The van der Waals surface area contributed by atoms with Gasteiger partial charge in [0.2, 0.25) is 10.0 Å². The maximum absolute atomic E-state index is 12.3. The van der Waals surface area contributed by atoms with Crippen molar-refractivity contribution < 1.29 is 8.42 Å². The Hall–Kier alpha value is -0.390. The van der Waals surface area contributed by atoms with Crippen LogP contribution >= 0.6 is 15.9 Å². The van der Waals surface area contributed by atoms with Crippen molar-refractivity contribution in [3.63, 3.8) is 0 Å². The van der Waals surface area contributed by atoms with Crippen LogP contribution in [0.4, 0.5) is 0 Å². The molecule has 0 atom stereocenters. The Morgan fingerprint density at radius 1 is 1.24 bits per heavy atom. The Bertz CT molecular complexity index is 578. The molecule has 3 nitrogen and oxygen atoms in total. The normalized spacial score (nSPS) is 23.2. The van der Waals surface area contributed by atoms with Crippen LogP contribution in [0.15, 0.2) is 27.6 Å². The number of benzene rings is 1. The van der Waals surface area contributed by atoms with Crippen molar-refractivity contribution in [1.82, 2.24) is 4.72 Å². The first-order valence-electron chi connectivity index (χ1n) is 7.64. The van der Waals surface area contributed by atoms with Crippen LogP contribution in [0.2, 0.25) is 0 Å². The Kier molecular flexibility index (Phi) is 5.86. The summed E-state index contributed by atoms with van der Waals surface area (Å²) in [5.74, 6) is 1.51. The van der Waals surface area contributed by atoms with E-state index in [0.717, 1.165) is 22.4 Å². The van der Waals surface area contributed by atoms with Gasteiger partial charge >= 0.3 is 0 Å². The lowest BCUT2D eigenvalue weighted by Gasteiger charge is -2.26. The summed E-state index contributed by atoms with van der Waals surface area (Å²) < 4.78 is 28.2. The van der Waals surface area contributed by atoms with Crippen molar-refractivity contribution in [2.45, 2.75) is 50.8 Å². The maximum atomic E-state index is 12.3. The van der Waals surface area contributed by atoms with Gasteiger partial charge in [0, 0.05) is 11.0 Å². The molecule has 1 aromatic carbocycles. The van der Waals surface area contributed by atoms with Crippen molar-refractivity contribution in [2.75, 3.05) is 6.54 Å². The molecule has 0 radical (unpaired) electrons. The van der Waals surface area contributed by atoms with Gasteiger partial charge in [0.05, 0.1) is 4.90 Å². The van der Waals surface area contributed by atoms with Gasteiger partial charge in [-0.1, -0.05) is 48.5 Å². The summed E-state index contributed by atoms with van der Waals surface area (Å²) in [7, 11) is -3.38. The third kappa shape index (κ3) is 4.80. The summed E-state index contributed by atoms with van der Waals surface area (Å²) in [5.41, 5.74) is 0.930. The number of hydrogen-bond acceptors (Lipinski definition) is 2. The predicted octanol–water partition coefficient (Wildman–Crippen LogP) is 4.25. The highest BCUT2D eigenvalue weighted by Gasteiger charge is 2.19. The van der Waals surface area contributed by atoms with E-state index in [4.69, 9.17) is 0 Å². The highest BCUT2D eigenvalue weighted by atomic mass is 79.9. The van der Waals surface area contributed by atoms with Gasteiger partial charge < -0.3 is 0 Å². The largest absolute Gasteiger partial charge is 0.240 e. The molecule has 0 amide bonds. The van der Waals surface area contributed by atoms with Crippen LogP contribution in [0.25, 0.3) is 0 Å². The average molecular weight is 374 g/mol. The molecule has 1 N–H and O–H groups in total. The van der Waals surface area contributed by atoms with E-state index in [2.05, 4.69) is 27.6 Å². The van der Waals surface area contributed by atoms with E-state index in [-0.39, 0.29) is 0 Å². The second-order valence-electron chi connectivity index (χ2n) is 6.22. The van der Waals surface area contributed by atoms with Crippen LogP contribution in [-0.2, 0) is 10.0 Å². The van der Waals surface area contributed by atoms with Gasteiger partial charge in [0.15, 0.2) is 0 Å². The van der Waals surface area contributed by atoms with E-state index in [9.17, 15) is 8.42 Å². The predicted molar refractivity (Wildman–Crippen MR) is 89.8 cm³/mol. The maximum Gasteiger partial charge on any atom is 0.240 e. The fourth-order valence-corrected chi connectivity index (χ4v) is 4.26. The van der Waals surface area contributed by atoms with Gasteiger partial charge in [-0.15, -0.1) is 0 Å². The third-order valence-corrected chi connectivity index (χ3v) is 6.77. The van der Waals surface area contributed by atoms with Gasteiger partial charge in [0.1, 0.15) is 0 Å². The van der Waals surface area contributed by atoms with Crippen LogP contribution in [0.3, 0.4) is 0 Å². The van der Waals surface area contributed by atoms with Crippen molar-refractivity contribution in [2.24, 2.45) is 11.8 Å². The monoisotopic (exact) mass is 373 g/mol. The molecule has 0 saturated heterocycles. The molecule has 1 aromatic rings. The fourth-order valence-electron chi connectivity index (χ4n) is 2.88. The van der Waals surface area contributed by atoms with Crippen LogP contribution in [-0.4, -0.2) is 15.0 Å². The Labute approximate surface area is 136 Å². The van der Waals surface area contributed by atoms with Crippen molar-refractivity contribution in [3.8, 4) is 0 Å². The molecular formula is C16H24BrNO2S. The standard InChI is InChI=1S/C16H24BrNO2S/c1-12-3-5-14(6-4-12)9-10-18-21(19,20)15-7-8-16(17)13(2)11-15/h7-8,11-12,14,18H,3-6,9-10H2,1-2H3. The SMILES string of the molecule is Cc1cc(S(=O)(=O)NCCC2CCC(C)CC2)ccc1Br. The summed E-state index contributed by atoms with van der Waals surface area (Å²) in [5, 5.41) is 0. The number of sulfonamides is 1. The average Bonchev–Trinajstić information content (AvgIpc) is 2.44. The fraction of sp³-hybridized carbons (Fsp3) is 0.625. The molecule has 1 aliphatic carbocycles. The molecule has 5 heteroatoms. The van der Waals surface area contributed by atoms with Crippen LogP contribution in [0.5, 0.6) is 0 Å². The molecule has 21 heavy (non-hydrogen) atoms. The first-order valence-corrected chi connectivity index (χ1v) is 9.92. The summed E-state index contributed by atoms with van der Waals surface area (Å²) in [6.07, 6.45) is 5.98. The molecule has 0 heterocycles. The molecule has 1 fully saturated rings. The molecule has 1 saturated carbocycles. The lowest BCUT2D eigenvalue weighted by Crippen LogP contribution is -2.27. The van der Waals surface area contributed by atoms with Crippen molar-refractivity contribution in [3.05, 3.63) is 28.2 Å². The molecule has 0 aliphatic heterocycles. The van der Waals surface area contributed by atoms with Gasteiger partial charge in [-0.2, -0.15) is 0 Å². The Morgan fingerprint density at radius 3 is 2.52 bits per heavy atom. The van der Waals surface area contributed by atoms with Crippen LogP contribution in [0.1, 0.15) is 44.6 Å². The van der Waals surface area contributed by atoms with Crippen molar-refractivity contribution >= 4 is 26.0 Å². The molecule has 0 aromatic heterocycles. The molecule has 118 valence electrons. The van der Waals surface area contributed by atoms with E-state index in [0.29, 0.717) is 17.4 Å². The van der Waals surface area contributed by atoms with E-state index in [1.165, 1.54) is 25.7 Å². The Balaban J connectivity index is 1.88. The molecule has 0 spiro atoms. The molecule has 2 rings (SSSR count). The zero-order valence-electron chi connectivity index (χ0n) is 12.7. The first kappa shape index (κ1) is 17.0. The summed E-state index contributed by atoms with van der Waals surface area (Å²) in [4.78, 5) is 0.348. The minimum atomic E-state index is -3.38. The third-order valence-electron chi connectivity index (χ3n) is 4.42. The second kappa shape index (κ2) is 7.25. The lowest BCUT2D eigenvalue weighted by molar-refractivity contribution is 0.278. The quantitative estimate of drug-likeness (QED) is 0.838. The summed E-state index contributed by atoms with van der Waals surface area (Å²) >= 11 is 3.39. The zero-order chi connectivity index (χ0) is 15.5. The van der Waals surface area contributed by atoms with E-state index < -0.39 is 10.0 Å². The number of hydrogen-bond donors (Lipinski definition) is 1. The van der Waals surface area contributed by atoms with Gasteiger partial charge in [0.25, 0.3) is 0 Å². The molecule has 0 unspecified atom stereocenters. The number of rotatable bonds is 5. The highest BCUT2D eigenvalue weighted by molar-refractivity contribution is 9.10. The van der Waals surface area contributed by atoms with Crippen LogP contribution in [0, 0.1) is 18.8 Å². The number of nitrogens with one attached hydrogen (secondary N) is 1. The Morgan fingerprint density at radius 2 is 1.90 bits per heavy atom. The summed E-state index contributed by atoms with van der Waals surface area (Å²) in [6.45, 7) is 4.73. The van der Waals surface area contributed by atoms with E-state index in [1.807, 2.05) is 6.92 Å². The molecular weight excluding hydrogens is 350 g/mol. The summed E-state index contributed by atoms with van der Waals surface area (Å²) in [6, 6.07) is 5.13. The number of aryl methyl sites for hydroxylation is 1. The van der Waals surface area contributed by atoms with Crippen molar-refractivity contribution in [1.29, 1.82) is 0 Å². The van der Waals surface area contributed by atoms with Crippen LogP contribution < -0.4 is 4.72 Å². The van der Waals surface area contributed by atoms with Gasteiger partial charge in [-0.3, -0.25) is 0 Å². The number of halogens is 1. The van der Waals surface area contributed by atoms with Gasteiger partial charge in [-0.25, -0.2) is 13.1 Å². The second-order valence-corrected chi connectivity index (χ2v) is 8.84. The minimum absolute atomic E-state index is 0.348. The first-order chi connectivity index (χ1) is 9.88. The minimum Gasteiger partial charge on any atom is -0.211 e. The van der Waals surface area contributed by atoms with E-state index in [1.54, 1.807) is 18.2 Å². The zero-order valence-corrected chi connectivity index (χ0v) is 15.1. The topological polar surface area (TPSA) is 46.2 Å². The molecule has 1 aliphatic rings.